The lowest BCUT2D eigenvalue weighted by Crippen LogP contribution is -2.48. The Balaban J connectivity index is 5.19. The van der Waals surface area contributed by atoms with E-state index in [9.17, 15) is 0 Å². The van der Waals surface area contributed by atoms with Gasteiger partial charge in [-0.1, -0.05) is 76.9 Å². The molecule has 14 radical (unpaired) electrons. The van der Waals surface area contributed by atoms with E-state index in [1.807, 2.05) is 0 Å². The lowest BCUT2D eigenvalue weighted by molar-refractivity contribution is 0.293. The summed E-state index contributed by atoms with van der Waals surface area (Å²) in [6.45, 7) is 4.31. The van der Waals surface area contributed by atoms with Crippen LogP contribution in [-0.4, -0.2) is 54.9 Å². The zero-order valence-electron chi connectivity index (χ0n) is 14.5. The molecule has 0 bridgehead atoms. The van der Waals surface area contributed by atoms with Gasteiger partial charge in [-0.2, -0.15) is 0 Å². The molecule has 0 N–H and O–H groups in total. The van der Waals surface area contributed by atoms with Crippen LogP contribution in [-0.2, 0) is 0 Å². The molecule has 0 aliphatic heterocycles. The highest BCUT2D eigenvalue weighted by molar-refractivity contribution is 6.69. The lowest BCUT2D eigenvalue weighted by Gasteiger charge is -2.60. The number of hydrogen-bond donors (Lipinski definition) is 0. The van der Waals surface area contributed by atoms with Crippen LogP contribution >= 0.6 is 0 Å². The SMILES string of the molecule is [B]C([B])([B])C([B])(C(CCCCC)CCCCCC)C([B])([B])[B]. The van der Waals surface area contributed by atoms with Gasteiger partial charge < -0.3 is 0 Å². The first-order chi connectivity index (χ1) is 10.0. The quantitative estimate of drug-likeness (QED) is 0.381. The second-order valence-electron chi connectivity index (χ2n) is 6.78. The van der Waals surface area contributed by atoms with Gasteiger partial charge in [-0.15, -0.1) is 10.2 Å². The van der Waals surface area contributed by atoms with Gasteiger partial charge >= 0.3 is 0 Å². The number of rotatable bonds is 12. The Bertz CT molecular complexity index is 279. The molecule has 0 saturated carbocycles. The highest BCUT2D eigenvalue weighted by Crippen LogP contribution is 2.62. The first kappa shape index (κ1) is 22.5. The third-order valence-electron chi connectivity index (χ3n) is 4.64. The average Bonchev–Trinajstić information content (AvgIpc) is 2.38. The van der Waals surface area contributed by atoms with Gasteiger partial charge in [0.2, 0.25) is 0 Å². The number of unbranched alkanes of at least 4 members (excludes halogenated alkanes) is 5. The van der Waals surface area contributed by atoms with E-state index in [-0.39, 0.29) is 5.92 Å². The first-order valence-corrected chi connectivity index (χ1v) is 8.54. The van der Waals surface area contributed by atoms with Crippen LogP contribution in [0.4, 0.5) is 0 Å². The van der Waals surface area contributed by atoms with Crippen LogP contribution in [0, 0.1) is 5.92 Å². The summed E-state index contributed by atoms with van der Waals surface area (Å²) in [5.41, 5.74) is 0. The minimum Gasteiger partial charge on any atom is -0.133 e. The van der Waals surface area contributed by atoms with E-state index in [0.29, 0.717) is 0 Å². The van der Waals surface area contributed by atoms with Crippen molar-refractivity contribution >= 4 is 54.9 Å². The molecule has 0 rings (SSSR count). The Labute approximate surface area is 148 Å². The molecule has 1 atom stereocenters. The van der Waals surface area contributed by atoms with E-state index in [1.165, 1.54) is 6.42 Å². The standard InChI is InChI=1S/C15H25B7/c1-3-5-7-9-11-12(10-8-6-4-2)13(16,14(17,18)19)15(20,21)22/h12H,3-11H2,1-2H3. The van der Waals surface area contributed by atoms with Crippen LogP contribution < -0.4 is 0 Å². The molecule has 0 aromatic rings. The van der Waals surface area contributed by atoms with E-state index in [0.717, 1.165) is 51.4 Å². The molecule has 0 fully saturated rings. The minimum atomic E-state index is -1.74. The molecule has 1 unspecified atom stereocenters. The van der Waals surface area contributed by atoms with E-state index >= 15 is 0 Å². The van der Waals surface area contributed by atoms with Crippen LogP contribution in [0.15, 0.2) is 0 Å². The molecule has 7 heteroatoms. The smallest absolute Gasteiger partial charge is 0.0706 e. The average molecular weight is 281 g/mol. The molecule has 0 amide bonds. The summed E-state index contributed by atoms with van der Waals surface area (Å²) in [4.78, 5) is 0. The maximum absolute atomic E-state index is 6.44. The van der Waals surface area contributed by atoms with Crippen molar-refractivity contribution in [3.05, 3.63) is 0 Å². The van der Waals surface area contributed by atoms with Crippen molar-refractivity contribution in [1.82, 2.24) is 0 Å². The van der Waals surface area contributed by atoms with Gasteiger partial charge in [-0.25, -0.2) is 0 Å². The Morgan fingerprint density at radius 2 is 0.955 bits per heavy atom. The summed E-state index contributed by atoms with van der Waals surface area (Å²) >= 11 is 0. The summed E-state index contributed by atoms with van der Waals surface area (Å²) in [5, 5.41) is -4.93. The molecule has 0 aromatic carbocycles. The Hall–Kier alpha value is 0.455. The molecular formula is C15H25B7. The molecule has 0 spiro atoms. The van der Waals surface area contributed by atoms with Gasteiger partial charge in [-0.3, -0.25) is 0 Å². The third kappa shape index (κ3) is 6.16. The monoisotopic (exact) mass is 282 g/mol. The first-order valence-electron chi connectivity index (χ1n) is 8.54. The molecule has 0 aliphatic carbocycles. The van der Waals surface area contributed by atoms with E-state index < -0.39 is 15.5 Å². The van der Waals surface area contributed by atoms with Gasteiger partial charge in [0, 0.05) is 0 Å². The largest absolute Gasteiger partial charge is 0.133 e. The summed E-state index contributed by atoms with van der Waals surface area (Å²) in [7, 11) is 42.0. The highest BCUT2D eigenvalue weighted by atomic mass is 14.4. The summed E-state index contributed by atoms with van der Waals surface area (Å²) in [5.74, 6) is -0.115. The van der Waals surface area contributed by atoms with Gasteiger partial charge in [0.15, 0.2) is 0 Å². The molecule has 0 aliphatic rings. The van der Waals surface area contributed by atoms with Crippen molar-refractivity contribution in [1.29, 1.82) is 0 Å². The van der Waals surface area contributed by atoms with Crippen molar-refractivity contribution < 1.29 is 0 Å². The Kier molecular flexibility index (Phi) is 9.88. The molecule has 22 heavy (non-hydrogen) atoms. The van der Waals surface area contributed by atoms with Gasteiger partial charge in [0.1, 0.15) is 0 Å². The number of hydrogen-bond acceptors (Lipinski definition) is 0. The molecule has 0 heterocycles. The van der Waals surface area contributed by atoms with Crippen LogP contribution in [0.2, 0.25) is 15.5 Å². The van der Waals surface area contributed by atoms with Crippen LogP contribution in [0.3, 0.4) is 0 Å². The van der Waals surface area contributed by atoms with Crippen molar-refractivity contribution in [3.8, 4) is 0 Å². The van der Waals surface area contributed by atoms with Gasteiger partial charge in [-0.05, 0) is 5.92 Å². The molecule has 0 aromatic heterocycles. The van der Waals surface area contributed by atoms with Crippen molar-refractivity contribution in [2.45, 2.75) is 87.2 Å². The maximum atomic E-state index is 6.44. The van der Waals surface area contributed by atoms with E-state index in [2.05, 4.69) is 13.8 Å². The second kappa shape index (κ2) is 9.68. The highest BCUT2D eigenvalue weighted by Gasteiger charge is 2.47. The second-order valence-corrected chi connectivity index (χ2v) is 6.78. The Morgan fingerprint density at radius 1 is 0.591 bits per heavy atom. The van der Waals surface area contributed by atoms with Crippen molar-refractivity contribution in [2.75, 3.05) is 0 Å². The third-order valence-corrected chi connectivity index (χ3v) is 4.64. The van der Waals surface area contributed by atoms with Crippen LogP contribution in [0.5, 0.6) is 0 Å². The molecular weight excluding hydrogens is 256 g/mol. The van der Waals surface area contributed by atoms with Crippen LogP contribution in [0.1, 0.15) is 71.6 Å². The zero-order valence-corrected chi connectivity index (χ0v) is 14.5. The topological polar surface area (TPSA) is 0 Å². The minimum absolute atomic E-state index is 0.115. The van der Waals surface area contributed by atoms with Crippen LogP contribution in [0.25, 0.3) is 0 Å². The normalized spacial score (nSPS) is 14.8. The summed E-state index contributed by atoms with van der Waals surface area (Å²) < 4.78 is 0. The fraction of sp³-hybridized carbons (Fsp3) is 1.00. The summed E-state index contributed by atoms with van der Waals surface area (Å²) in [6.07, 6.45) is 9.32. The zero-order chi connectivity index (χ0) is 17.4. The fourth-order valence-electron chi connectivity index (χ4n) is 3.14. The van der Waals surface area contributed by atoms with Crippen molar-refractivity contribution in [2.24, 2.45) is 5.92 Å². The molecule has 106 valence electrons. The predicted octanol–water partition coefficient (Wildman–Crippen LogP) is 2.64. The van der Waals surface area contributed by atoms with E-state index in [1.54, 1.807) is 0 Å². The van der Waals surface area contributed by atoms with Gasteiger partial charge in [0.05, 0.1) is 54.9 Å². The predicted molar refractivity (Wildman–Crippen MR) is 105 cm³/mol. The van der Waals surface area contributed by atoms with Gasteiger partial charge in [0.25, 0.3) is 0 Å². The summed E-state index contributed by atoms with van der Waals surface area (Å²) in [6, 6.07) is 0. The van der Waals surface area contributed by atoms with E-state index in [4.69, 9.17) is 54.9 Å². The molecule has 0 nitrogen and oxygen atoms in total. The lowest BCUT2D eigenvalue weighted by atomic mass is 9.13. The maximum Gasteiger partial charge on any atom is 0.0706 e. The molecule has 0 saturated heterocycles. The van der Waals surface area contributed by atoms with Crippen molar-refractivity contribution in [3.63, 3.8) is 0 Å². The fourth-order valence-corrected chi connectivity index (χ4v) is 3.14. The Morgan fingerprint density at radius 3 is 1.32 bits per heavy atom.